The lowest BCUT2D eigenvalue weighted by atomic mass is 9.66. The van der Waals surface area contributed by atoms with Crippen molar-refractivity contribution in [2.45, 2.75) is 108 Å². The molecule has 2 fully saturated rings. The number of hydrogen-bond donors (Lipinski definition) is 2. The average Bonchev–Trinajstić information content (AvgIpc) is 2.48. The van der Waals surface area contributed by atoms with Crippen molar-refractivity contribution in [3.63, 3.8) is 0 Å². The van der Waals surface area contributed by atoms with Gasteiger partial charge in [-0.1, -0.05) is 19.3 Å². The van der Waals surface area contributed by atoms with Gasteiger partial charge in [0.25, 0.3) is 0 Å². The van der Waals surface area contributed by atoms with Crippen molar-refractivity contribution < 1.29 is 19.7 Å². The Kier molecular flexibility index (Phi) is 6.06. The molecule has 0 radical (unpaired) electrons. The van der Waals surface area contributed by atoms with E-state index in [1.54, 1.807) is 0 Å². The van der Waals surface area contributed by atoms with Crippen LogP contribution in [0.4, 0.5) is 0 Å². The fourth-order valence-electron chi connectivity index (χ4n) is 3.84. The molecule has 0 aliphatic heterocycles. The van der Waals surface area contributed by atoms with Gasteiger partial charge in [-0.05, 0) is 72.6 Å². The summed E-state index contributed by atoms with van der Waals surface area (Å²) >= 11 is 0. The minimum atomic E-state index is -0.727. The Morgan fingerprint density at radius 3 is 2.00 bits per heavy atom. The molecule has 0 bridgehead atoms. The Bertz CT molecular complexity index is 406. The second kappa shape index (κ2) is 7.22. The quantitative estimate of drug-likeness (QED) is 0.738. The van der Waals surface area contributed by atoms with Gasteiger partial charge >= 0.3 is 0 Å². The van der Waals surface area contributed by atoms with Gasteiger partial charge in [0, 0.05) is 0 Å². The first kappa shape index (κ1) is 20.2. The first-order valence-corrected chi connectivity index (χ1v) is 9.66. The largest absolute Gasteiger partial charge is 0.387 e. The Labute approximate surface area is 147 Å². The number of aliphatic hydroxyl groups is 2. The summed E-state index contributed by atoms with van der Waals surface area (Å²) in [4.78, 5) is 0. The van der Waals surface area contributed by atoms with Crippen LogP contribution in [0.25, 0.3) is 0 Å². The first-order chi connectivity index (χ1) is 10.9. The van der Waals surface area contributed by atoms with Crippen LogP contribution in [0.3, 0.4) is 0 Å². The van der Waals surface area contributed by atoms with E-state index in [1.807, 2.05) is 20.8 Å². The van der Waals surface area contributed by atoms with E-state index in [1.165, 1.54) is 6.42 Å². The van der Waals surface area contributed by atoms with Gasteiger partial charge in [-0.15, -0.1) is 0 Å². The summed E-state index contributed by atoms with van der Waals surface area (Å²) in [6.45, 7) is 11.0. The van der Waals surface area contributed by atoms with E-state index in [0.717, 1.165) is 44.9 Å². The highest BCUT2D eigenvalue weighted by Gasteiger charge is 2.48. The van der Waals surface area contributed by atoms with Crippen LogP contribution in [-0.2, 0) is 9.47 Å². The third kappa shape index (κ3) is 5.69. The molecule has 4 nitrogen and oxygen atoms in total. The normalized spacial score (nSPS) is 30.9. The molecule has 2 rings (SSSR count). The number of hydrogen-bond acceptors (Lipinski definition) is 4. The summed E-state index contributed by atoms with van der Waals surface area (Å²) in [5.74, 6) is 0.204. The molecule has 24 heavy (non-hydrogen) atoms. The van der Waals surface area contributed by atoms with E-state index in [0.29, 0.717) is 13.2 Å². The van der Waals surface area contributed by atoms with Gasteiger partial charge in [0.1, 0.15) is 0 Å². The zero-order valence-electron chi connectivity index (χ0n) is 16.4. The topological polar surface area (TPSA) is 58.9 Å². The Hall–Kier alpha value is -0.160. The van der Waals surface area contributed by atoms with Crippen molar-refractivity contribution in [1.82, 2.24) is 0 Å². The molecule has 0 heterocycles. The molecule has 2 saturated carbocycles. The van der Waals surface area contributed by atoms with E-state index in [9.17, 15) is 10.2 Å². The summed E-state index contributed by atoms with van der Waals surface area (Å²) in [5, 5.41) is 21.5. The zero-order chi connectivity index (χ0) is 18.1. The summed E-state index contributed by atoms with van der Waals surface area (Å²) in [6, 6.07) is 0. The Morgan fingerprint density at radius 1 is 0.875 bits per heavy atom. The van der Waals surface area contributed by atoms with Gasteiger partial charge in [-0.25, -0.2) is 0 Å². The number of rotatable bonds is 7. The Balaban J connectivity index is 1.82. The smallest absolute Gasteiger partial charge is 0.0909 e. The van der Waals surface area contributed by atoms with E-state index in [-0.39, 0.29) is 17.1 Å². The van der Waals surface area contributed by atoms with Gasteiger partial charge in [-0.2, -0.15) is 0 Å². The molecule has 0 amide bonds. The second-order valence-electron chi connectivity index (χ2n) is 9.78. The molecule has 142 valence electrons. The standard InChI is InChI=1S/C20H38O4/c1-17(2,3)23-15-20(22)12-9-16(20)13-18(4,5)24-14-19(21)10-7-6-8-11-19/h16,21-22H,6-15H2,1-5H3. The van der Waals surface area contributed by atoms with Crippen LogP contribution in [0.1, 0.15) is 86.0 Å². The van der Waals surface area contributed by atoms with E-state index < -0.39 is 11.2 Å². The maximum absolute atomic E-state index is 10.8. The molecule has 0 aromatic heterocycles. The molecule has 0 aromatic carbocycles. The second-order valence-corrected chi connectivity index (χ2v) is 9.78. The molecular formula is C20H38O4. The third-order valence-corrected chi connectivity index (χ3v) is 5.69. The number of ether oxygens (including phenoxy) is 2. The van der Waals surface area contributed by atoms with Crippen LogP contribution in [-0.4, -0.2) is 45.8 Å². The van der Waals surface area contributed by atoms with Crippen LogP contribution in [0, 0.1) is 5.92 Å². The highest BCUT2D eigenvalue weighted by atomic mass is 16.5. The third-order valence-electron chi connectivity index (χ3n) is 5.69. The van der Waals surface area contributed by atoms with Gasteiger partial charge in [0.05, 0.1) is 35.6 Å². The highest BCUT2D eigenvalue weighted by molar-refractivity contribution is 4.99. The van der Waals surface area contributed by atoms with E-state index in [2.05, 4.69) is 13.8 Å². The van der Waals surface area contributed by atoms with Crippen LogP contribution in [0.2, 0.25) is 0 Å². The van der Waals surface area contributed by atoms with E-state index >= 15 is 0 Å². The van der Waals surface area contributed by atoms with Crippen LogP contribution in [0.15, 0.2) is 0 Å². The molecule has 2 N–H and O–H groups in total. The lowest BCUT2D eigenvalue weighted by molar-refractivity contribution is -0.190. The summed E-state index contributed by atoms with van der Waals surface area (Å²) < 4.78 is 11.9. The summed E-state index contributed by atoms with van der Waals surface area (Å²) in [6.07, 6.45) is 7.70. The van der Waals surface area contributed by atoms with Crippen molar-refractivity contribution in [2.75, 3.05) is 13.2 Å². The molecule has 2 aliphatic rings. The van der Waals surface area contributed by atoms with Gasteiger partial charge < -0.3 is 19.7 Å². The predicted molar refractivity (Wildman–Crippen MR) is 96.1 cm³/mol. The lowest BCUT2D eigenvalue weighted by Gasteiger charge is -2.49. The van der Waals surface area contributed by atoms with Crippen molar-refractivity contribution in [3.8, 4) is 0 Å². The Morgan fingerprint density at radius 2 is 1.50 bits per heavy atom. The molecule has 0 aromatic rings. The minimum Gasteiger partial charge on any atom is -0.387 e. The fraction of sp³-hybridized carbons (Fsp3) is 1.00. The molecule has 0 saturated heterocycles. The van der Waals surface area contributed by atoms with Crippen molar-refractivity contribution in [2.24, 2.45) is 5.92 Å². The minimum absolute atomic E-state index is 0.204. The van der Waals surface area contributed by atoms with Gasteiger partial charge in [0.2, 0.25) is 0 Å². The van der Waals surface area contributed by atoms with Crippen molar-refractivity contribution in [1.29, 1.82) is 0 Å². The first-order valence-electron chi connectivity index (χ1n) is 9.66. The lowest BCUT2D eigenvalue weighted by Crippen LogP contribution is -2.54. The highest BCUT2D eigenvalue weighted by Crippen LogP contribution is 2.45. The molecule has 0 spiro atoms. The molecule has 2 aliphatic carbocycles. The zero-order valence-corrected chi connectivity index (χ0v) is 16.4. The summed E-state index contributed by atoms with van der Waals surface area (Å²) in [7, 11) is 0. The van der Waals surface area contributed by atoms with Gasteiger partial charge in [-0.3, -0.25) is 0 Å². The van der Waals surface area contributed by atoms with Crippen molar-refractivity contribution in [3.05, 3.63) is 0 Å². The predicted octanol–water partition coefficient (Wildman–Crippen LogP) is 3.82. The maximum atomic E-state index is 10.8. The fourth-order valence-corrected chi connectivity index (χ4v) is 3.84. The average molecular weight is 343 g/mol. The maximum Gasteiger partial charge on any atom is 0.0909 e. The van der Waals surface area contributed by atoms with Gasteiger partial charge in [0.15, 0.2) is 0 Å². The SMILES string of the molecule is CC(C)(C)OCC1(O)CCC1CC(C)(C)OCC1(O)CCCCC1. The van der Waals surface area contributed by atoms with Crippen LogP contribution < -0.4 is 0 Å². The van der Waals surface area contributed by atoms with Crippen molar-refractivity contribution >= 4 is 0 Å². The molecule has 2 atom stereocenters. The summed E-state index contributed by atoms with van der Waals surface area (Å²) in [5.41, 5.74) is -1.95. The molecule has 4 heteroatoms. The van der Waals surface area contributed by atoms with Crippen LogP contribution >= 0.6 is 0 Å². The van der Waals surface area contributed by atoms with E-state index in [4.69, 9.17) is 9.47 Å². The van der Waals surface area contributed by atoms with Crippen LogP contribution in [0.5, 0.6) is 0 Å². The molecular weight excluding hydrogens is 304 g/mol. The molecule has 2 unspecified atom stereocenters. The monoisotopic (exact) mass is 342 g/mol.